The maximum absolute atomic E-state index is 12.7. The topological polar surface area (TPSA) is 283 Å². The summed E-state index contributed by atoms with van der Waals surface area (Å²) in [6, 6.07) is 2.91. The summed E-state index contributed by atoms with van der Waals surface area (Å²) in [5, 5.41) is -0.409. The van der Waals surface area contributed by atoms with Crippen LogP contribution < -0.4 is 0 Å². The quantitative estimate of drug-likeness (QED) is 0.0288. The molecule has 642 valence electrons. The van der Waals surface area contributed by atoms with Gasteiger partial charge in [0.05, 0.1) is 0 Å². The van der Waals surface area contributed by atoms with Crippen LogP contribution in [0.4, 0.5) is 0 Å². The zero-order valence-electron chi connectivity index (χ0n) is 77.5. The average molecular weight is 1830 g/mol. The van der Waals surface area contributed by atoms with Crippen molar-refractivity contribution in [3.63, 3.8) is 0 Å². The monoisotopic (exact) mass is 1820 g/mol. The fraction of sp³-hybridized carbons (Fsp3) is 1.00. The van der Waals surface area contributed by atoms with Gasteiger partial charge in [-0.05, 0) is 220 Å². The SMILES string of the molecule is CC(C)(C)C(C(C)(C)C)[Si](C)(OP(=O)(O)O)C(C)(C)C.CC(C)(C)C(C(C)(C)C)[Si](C)(OP(O)O)C(C)(C)C.CC(C)(C)C(C(C)(C)C)[Si](C)(OP(O)O)C(C)(C)C.CC[SiH2]OP(=O)(O[SiH2]CC)O[SiH2]CC.C[Si](C)(C)OP(=O)(O[Si](C)(C)C)O[Si](C)(C)C.C[Si](C)(C)OP(O[Si](C)(C)C)O[Si](C)(C)C. The van der Waals surface area contributed by atoms with E-state index in [1.807, 2.05) is 107 Å². The van der Waals surface area contributed by atoms with Gasteiger partial charge in [-0.2, -0.15) is 0 Å². The van der Waals surface area contributed by atoms with E-state index in [4.69, 9.17) is 50.6 Å². The molecule has 0 radical (unpaired) electrons. The van der Waals surface area contributed by atoms with Crippen LogP contribution in [-0.4, -0.2) is 134 Å². The van der Waals surface area contributed by atoms with E-state index >= 15 is 0 Å². The Bertz CT molecular complexity index is 2360. The van der Waals surface area contributed by atoms with Crippen LogP contribution in [0, 0.1) is 32.5 Å². The second kappa shape index (κ2) is 44.8. The van der Waals surface area contributed by atoms with Crippen LogP contribution in [0.2, 0.25) is 187 Å². The Morgan fingerprint density at radius 1 is 0.295 bits per heavy atom. The first-order valence-electron chi connectivity index (χ1n) is 37.6. The molecule has 0 aliphatic carbocycles. The number of rotatable bonds is 30. The standard InChI is InChI=1S/C14H33O4PSi.2C14H33O3PSi.C9H27O4PSi3.C9H27O3PSi3.C6H21O4PSi3/c1-12(2,3)11(13(4,5)6)20(10,14(7,8)9)18-19(15,16)17;2*1-12(2,3)11(13(4,5)6)19(10,14(7,8)9)17-18(15)16;1-15(2,3)11-14(10,12-16(4,5)6)13-17(7,8)9;1-14(2,3)10-13(11-15(4,5)6)12-16(7,8)9;1-4-12-8-11(7,9-13-5-2)10-14-6-3/h11H,1-10H3,(H2,15,16,17);2*11,15-16H,1-10H3;1-9H3;1-9H3;4-6,12-14H2,1-3H3. The molecule has 0 amide bonds. The summed E-state index contributed by atoms with van der Waals surface area (Å²) in [6.07, 6.45) is 0. The first kappa shape index (κ1) is 120. The van der Waals surface area contributed by atoms with Crippen molar-refractivity contribution in [2.24, 2.45) is 32.5 Å². The van der Waals surface area contributed by atoms with Gasteiger partial charge < -0.3 is 79.9 Å². The van der Waals surface area contributed by atoms with Gasteiger partial charge >= 0.3 is 40.7 Å². The Balaban J connectivity index is -0.000000281. The van der Waals surface area contributed by atoms with Crippen LogP contribution in [0.5, 0.6) is 0 Å². The first-order chi connectivity index (χ1) is 45.0. The Morgan fingerprint density at radius 2 is 0.476 bits per heavy atom. The minimum atomic E-state index is -4.51. The highest BCUT2D eigenvalue weighted by molar-refractivity contribution is 7.54. The summed E-state index contributed by atoms with van der Waals surface area (Å²) in [4.78, 5) is 56.7. The van der Waals surface area contributed by atoms with Crippen LogP contribution >= 0.6 is 49.3 Å². The van der Waals surface area contributed by atoms with E-state index in [0.29, 0.717) is 11.1 Å². The summed E-state index contributed by atoms with van der Waals surface area (Å²) in [5.74, 6) is 0. The van der Waals surface area contributed by atoms with E-state index in [2.05, 4.69) is 238 Å². The van der Waals surface area contributed by atoms with Crippen molar-refractivity contribution in [3.8, 4) is 0 Å². The van der Waals surface area contributed by atoms with Gasteiger partial charge in [0.15, 0.2) is 79.2 Å². The summed E-state index contributed by atoms with van der Waals surface area (Å²) < 4.78 is 104. The molecule has 3 unspecified atom stereocenters. The predicted octanol–water partition coefficient (Wildman–Crippen LogP) is 25.2. The molecule has 0 saturated heterocycles. The maximum Gasteiger partial charge on any atom is 0.459 e. The maximum atomic E-state index is 12.7. The van der Waals surface area contributed by atoms with E-state index in [1.165, 1.54) is 0 Å². The average Bonchev–Trinajstić information content (AvgIpc) is 0.755. The molecular weight excluding hydrogens is 1650 g/mol. The molecule has 0 aromatic rings. The third-order valence-corrected chi connectivity index (χ3v) is 64.8. The number of hydrogen-bond acceptors (Lipinski definition) is 19. The smallest absolute Gasteiger partial charge is 0.356 e. The Kier molecular flexibility index (Phi) is 51.0. The summed E-state index contributed by atoms with van der Waals surface area (Å²) in [5.41, 5.74) is 0.720. The van der Waals surface area contributed by atoms with Crippen molar-refractivity contribution in [1.29, 1.82) is 0 Å². The van der Waals surface area contributed by atoms with Crippen LogP contribution in [0.1, 0.15) is 208 Å². The highest BCUT2D eigenvalue weighted by Gasteiger charge is 2.61. The van der Waals surface area contributed by atoms with Crippen molar-refractivity contribution in [1.82, 2.24) is 0 Å². The fourth-order valence-electron chi connectivity index (χ4n) is 13.8. The molecule has 21 nitrogen and oxygen atoms in total. The first-order valence-corrected chi connectivity index (χ1v) is 78.1. The molecule has 0 spiro atoms. The predicted molar refractivity (Wildman–Crippen MR) is 489 cm³/mol. The van der Waals surface area contributed by atoms with Crippen LogP contribution in [0.25, 0.3) is 0 Å². The van der Waals surface area contributed by atoms with Crippen molar-refractivity contribution < 1.29 is 93.6 Å². The molecule has 39 heteroatoms. The van der Waals surface area contributed by atoms with E-state index in [1.54, 1.807) is 0 Å². The summed E-state index contributed by atoms with van der Waals surface area (Å²) in [7, 11) is -37.1. The lowest BCUT2D eigenvalue weighted by molar-refractivity contribution is 0.187. The lowest BCUT2D eigenvalue weighted by Crippen LogP contribution is -2.55. The van der Waals surface area contributed by atoms with Crippen molar-refractivity contribution in [2.45, 2.75) is 395 Å². The van der Waals surface area contributed by atoms with Crippen LogP contribution in [-0.2, 0) is 64.2 Å². The Hall–Kier alpha value is 3.86. The molecule has 0 aliphatic rings. The molecule has 0 heterocycles. The van der Waals surface area contributed by atoms with Gasteiger partial charge in [0.1, 0.15) is 0 Å². The van der Waals surface area contributed by atoms with Gasteiger partial charge in [0.2, 0.25) is 25.0 Å². The fourth-order valence-corrected chi connectivity index (χ4v) is 59.7. The highest BCUT2D eigenvalue weighted by atomic mass is 31.2. The van der Waals surface area contributed by atoms with Gasteiger partial charge in [-0.3, -0.25) is 0 Å². The van der Waals surface area contributed by atoms with Gasteiger partial charge in [0, 0.05) is 0 Å². The molecule has 6 N–H and O–H groups in total. The van der Waals surface area contributed by atoms with E-state index in [-0.39, 0.29) is 53.1 Å². The third-order valence-electron chi connectivity index (χ3n) is 15.7. The number of phosphoric acid groups is 3. The molecule has 0 aliphatic heterocycles. The van der Waals surface area contributed by atoms with Crippen molar-refractivity contribution in [2.75, 3.05) is 0 Å². The Labute approximate surface area is 669 Å². The molecule has 0 bridgehead atoms. The van der Waals surface area contributed by atoms with Crippen LogP contribution in [0.3, 0.4) is 0 Å². The lowest BCUT2D eigenvalue weighted by atomic mass is 9.76. The third kappa shape index (κ3) is 54.5. The highest BCUT2D eigenvalue weighted by Crippen LogP contribution is 2.65. The minimum absolute atomic E-state index is 0.0534. The molecule has 0 rings (SSSR count). The molecular formula is C66H174O21P6Si12. The summed E-state index contributed by atoms with van der Waals surface area (Å²) in [6.45, 7) is 108. The van der Waals surface area contributed by atoms with Crippen LogP contribution in [0.15, 0.2) is 0 Å². The van der Waals surface area contributed by atoms with Crippen molar-refractivity contribution in [3.05, 3.63) is 0 Å². The lowest BCUT2D eigenvalue weighted by Gasteiger charge is -2.54. The molecule has 0 fully saturated rings. The Morgan fingerprint density at radius 3 is 0.600 bits per heavy atom. The van der Waals surface area contributed by atoms with Gasteiger partial charge in [-0.1, -0.05) is 208 Å². The second-order valence-electron chi connectivity index (χ2n) is 43.7. The summed E-state index contributed by atoms with van der Waals surface area (Å²) >= 11 is 0. The number of hydrogen-bond donors (Lipinski definition) is 6. The molecule has 105 heavy (non-hydrogen) atoms. The van der Waals surface area contributed by atoms with E-state index in [9.17, 15) is 43.1 Å². The molecule has 0 aromatic heterocycles. The molecule has 0 aromatic carbocycles. The minimum Gasteiger partial charge on any atom is -0.356 e. The van der Waals surface area contributed by atoms with Gasteiger partial charge in [0.25, 0.3) is 8.60 Å². The zero-order valence-corrected chi connectivity index (χ0v) is 96.1. The molecule has 0 saturated carbocycles. The van der Waals surface area contributed by atoms with Gasteiger partial charge in [-0.25, -0.2) is 13.7 Å². The second-order valence-corrected chi connectivity index (χ2v) is 100. The largest absolute Gasteiger partial charge is 0.459 e. The normalized spacial score (nSPS) is 17.1. The van der Waals surface area contributed by atoms with Gasteiger partial charge in [-0.15, -0.1) is 0 Å². The van der Waals surface area contributed by atoms with Crippen molar-refractivity contribution >= 4 is 153 Å². The van der Waals surface area contributed by atoms with E-state index < -0.39 is 153 Å². The molecule has 3 atom stereocenters. The van der Waals surface area contributed by atoms with E-state index in [0.717, 1.165) is 18.1 Å². The zero-order chi connectivity index (χ0) is 86.7.